The summed E-state index contributed by atoms with van der Waals surface area (Å²) in [5.74, 6) is 0.214. The van der Waals surface area contributed by atoms with E-state index in [2.05, 4.69) is 23.9 Å². The molecule has 0 saturated heterocycles. The maximum absolute atomic E-state index is 11.2. The molecule has 0 aromatic carbocycles. The lowest BCUT2D eigenvalue weighted by Gasteiger charge is -2.21. The van der Waals surface area contributed by atoms with E-state index in [0.29, 0.717) is 30.7 Å². The molecule has 4 heteroatoms. The van der Waals surface area contributed by atoms with Gasteiger partial charge in [0.15, 0.2) is 0 Å². The topological polar surface area (TPSA) is 47.6 Å². The van der Waals surface area contributed by atoms with Gasteiger partial charge in [0.05, 0.1) is 13.7 Å². The highest BCUT2D eigenvalue weighted by Gasteiger charge is 2.12. The van der Waals surface area contributed by atoms with E-state index in [1.54, 1.807) is 6.92 Å². The number of hydrogen-bond acceptors (Lipinski definition) is 4. The fourth-order valence-corrected chi connectivity index (χ4v) is 1.34. The summed E-state index contributed by atoms with van der Waals surface area (Å²) >= 11 is 0. The lowest BCUT2D eigenvalue weighted by atomic mass is 10.1. The van der Waals surface area contributed by atoms with Crippen molar-refractivity contribution < 1.29 is 14.3 Å². The Labute approximate surface area is 104 Å². The van der Waals surface area contributed by atoms with Crippen molar-refractivity contribution in [2.75, 3.05) is 26.9 Å². The Morgan fingerprint density at radius 2 is 2.06 bits per heavy atom. The number of methoxy groups -OCH3 is 1. The van der Waals surface area contributed by atoms with E-state index in [1.807, 2.05) is 13.0 Å². The number of nitrogens with one attached hydrogen (secondary N) is 1. The lowest BCUT2D eigenvalue weighted by molar-refractivity contribution is -0.136. The first-order valence-corrected chi connectivity index (χ1v) is 6.09. The van der Waals surface area contributed by atoms with Gasteiger partial charge in [0.1, 0.15) is 0 Å². The van der Waals surface area contributed by atoms with Gasteiger partial charge in [0.2, 0.25) is 0 Å². The summed E-state index contributed by atoms with van der Waals surface area (Å²) in [6.45, 7) is 10.1. The van der Waals surface area contributed by atoms with E-state index in [0.717, 1.165) is 6.61 Å². The minimum absolute atomic E-state index is 0.280. The van der Waals surface area contributed by atoms with Crippen LogP contribution in [0.5, 0.6) is 0 Å². The molecule has 0 aliphatic heterocycles. The highest BCUT2D eigenvalue weighted by atomic mass is 16.5. The summed E-state index contributed by atoms with van der Waals surface area (Å²) < 4.78 is 10.0. The molecule has 0 aliphatic rings. The molecule has 0 aromatic rings. The first kappa shape index (κ1) is 16.1. The molecule has 0 amide bonds. The Hall–Kier alpha value is -0.870. The molecule has 1 N–H and O–H groups in total. The second-order valence-corrected chi connectivity index (χ2v) is 4.30. The SMILES string of the molecule is CCOCC(NC/C=C(/C)C(=O)OC)C(C)C. The minimum Gasteiger partial charge on any atom is -0.466 e. The normalized spacial score (nSPS) is 13.9. The highest BCUT2D eigenvalue weighted by Crippen LogP contribution is 2.02. The molecule has 0 rings (SSSR count). The summed E-state index contributed by atoms with van der Waals surface area (Å²) in [5, 5.41) is 3.35. The predicted molar refractivity (Wildman–Crippen MR) is 68.9 cm³/mol. The van der Waals surface area contributed by atoms with Crippen LogP contribution in [0, 0.1) is 5.92 Å². The van der Waals surface area contributed by atoms with Gasteiger partial charge in [0, 0.05) is 24.8 Å². The van der Waals surface area contributed by atoms with Crippen LogP contribution in [-0.2, 0) is 14.3 Å². The Kier molecular flexibility index (Phi) is 8.72. The third-order valence-corrected chi connectivity index (χ3v) is 2.60. The van der Waals surface area contributed by atoms with Crippen LogP contribution >= 0.6 is 0 Å². The molecule has 17 heavy (non-hydrogen) atoms. The maximum Gasteiger partial charge on any atom is 0.333 e. The summed E-state index contributed by atoms with van der Waals surface area (Å²) in [6.07, 6.45) is 1.84. The molecule has 0 spiro atoms. The maximum atomic E-state index is 11.2. The quantitative estimate of drug-likeness (QED) is 0.521. The molecule has 0 bridgehead atoms. The van der Waals surface area contributed by atoms with Crippen molar-refractivity contribution in [2.24, 2.45) is 5.92 Å². The molecular weight excluding hydrogens is 218 g/mol. The number of esters is 1. The zero-order valence-electron chi connectivity index (χ0n) is 11.6. The molecule has 0 saturated carbocycles. The van der Waals surface area contributed by atoms with Crippen LogP contribution in [0.25, 0.3) is 0 Å². The van der Waals surface area contributed by atoms with Gasteiger partial charge in [-0.1, -0.05) is 19.9 Å². The van der Waals surface area contributed by atoms with Crippen molar-refractivity contribution in [1.82, 2.24) is 5.32 Å². The predicted octanol–water partition coefficient (Wildman–Crippen LogP) is 1.76. The number of carbonyl (C=O) groups is 1. The zero-order chi connectivity index (χ0) is 13.3. The molecule has 1 unspecified atom stereocenters. The first-order chi connectivity index (χ1) is 8.02. The average Bonchev–Trinajstić information content (AvgIpc) is 2.31. The van der Waals surface area contributed by atoms with Crippen molar-refractivity contribution in [3.05, 3.63) is 11.6 Å². The van der Waals surface area contributed by atoms with E-state index in [1.165, 1.54) is 7.11 Å². The molecule has 0 radical (unpaired) electrons. The van der Waals surface area contributed by atoms with Crippen molar-refractivity contribution in [3.8, 4) is 0 Å². The molecule has 0 aromatic heterocycles. The molecule has 4 nitrogen and oxygen atoms in total. The van der Waals surface area contributed by atoms with Crippen LogP contribution < -0.4 is 5.32 Å². The van der Waals surface area contributed by atoms with Gasteiger partial charge in [-0.3, -0.25) is 0 Å². The van der Waals surface area contributed by atoms with Gasteiger partial charge < -0.3 is 14.8 Å². The number of ether oxygens (including phenoxy) is 2. The van der Waals surface area contributed by atoms with E-state index in [4.69, 9.17) is 4.74 Å². The van der Waals surface area contributed by atoms with E-state index in [9.17, 15) is 4.79 Å². The van der Waals surface area contributed by atoms with Gasteiger partial charge in [0.25, 0.3) is 0 Å². The average molecular weight is 243 g/mol. The summed E-state index contributed by atoms with van der Waals surface area (Å²) in [7, 11) is 1.39. The molecule has 0 fully saturated rings. The third-order valence-electron chi connectivity index (χ3n) is 2.60. The van der Waals surface area contributed by atoms with Crippen molar-refractivity contribution in [2.45, 2.75) is 33.7 Å². The summed E-state index contributed by atoms with van der Waals surface area (Å²) in [4.78, 5) is 11.2. The third kappa shape index (κ3) is 7.13. The molecule has 100 valence electrons. The fourth-order valence-electron chi connectivity index (χ4n) is 1.34. The second-order valence-electron chi connectivity index (χ2n) is 4.30. The Morgan fingerprint density at radius 3 is 2.53 bits per heavy atom. The standard InChI is InChI=1S/C13H25NO3/c1-6-17-9-12(10(2)3)14-8-7-11(4)13(15)16-5/h7,10,12,14H,6,8-9H2,1-5H3/b11-7-. The van der Waals surface area contributed by atoms with Crippen LogP contribution in [0.3, 0.4) is 0 Å². The van der Waals surface area contributed by atoms with E-state index >= 15 is 0 Å². The molecule has 0 heterocycles. The van der Waals surface area contributed by atoms with Crippen LogP contribution in [0.2, 0.25) is 0 Å². The van der Waals surface area contributed by atoms with Gasteiger partial charge >= 0.3 is 5.97 Å². The number of rotatable bonds is 8. The van der Waals surface area contributed by atoms with Gasteiger partial charge in [-0.15, -0.1) is 0 Å². The van der Waals surface area contributed by atoms with Crippen LogP contribution in [-0.4, -0.2) is 38.9 Å². The van der Waals surface area contributed by atoms with Gasteiger partial charge in [-0.05, 0) is 19.8 Å². The van der Waals surface area contributed by atoms with E-state index in [-0.39, 0.29) is 5.97 Å². The fraction of sp³-hybridized carbons (Fsp3) is 0.769. The van der Waals surface area contributed by atoms with Gasteiger partial charge in [-0.2, -0.15) is 0 Å². The smallest absolute Gasteiger partial charge is 0.333 e. The van der Waals surface area contributed by atoms with Crippen LogP contribution in [0.4, 0.5) is 0 Å². The Bertz CT molecular complexity index is 249. The largest absolute Gasteiger partial charge is 0.466 e. The summed E-state index contributed by atoms with van der Waals surface area (Å²) in [5.41, 5.74) is 0.624. The van der Waals surface area contributed by atoms with E-state index < -0.39 is 0 Å². The summed E-state index contributed by atoms with van der Waals surface area (Å²) in [6, 6.07) is 0.302. The minimum atomic E-state index is -0.280. The molecule has 1 atom stereocenters. The van der Waals surface area contributed by atoms with Crippen molar-refractivity contribution >= 4 is 5.97 Å². The van der Waals surface area contributed by atoms with Crippen LogP contribution in [0.15, 0.2) is 11.6 Å². The monoisotopic (exact) mass is 243 g/mol. The van der Waals surface area contributed by atoms with Crippen molar-refractivity contribution in [1.29, 1.82) is 0 Å². The first-order valence-electron chi connectivity index (χ1n) is 6.09. The Balaban J connectivity index is 4.08. The van der Waals surface area contributed by atoms with Crippen LogP contribution in [0.1, 0.15) is 27.7 Å². The molecular formula is C13H25NO3. The second kappa shape index (κ2) is 9.19. The van der Waals surface area contributed by atoms with Gasteiger partial charge in [-0.25, -0.2) is 4.79 Å². The Morgan fingerprint density at radius 1 is 1.41 bits per heavy atom. The number of hydrogen-bond donors (Lipinski definition) is 1. The zero-order valence-corrected chi connectivity index (χ0v) is 11.6. The highest BCUT2D eigenvalue weighted by molar-refractivity contribution is 5.87. The van der Waals surface area contributed by atoms with Crippen molar-refractivity contribution in [3.63, 3.8) is 0 Å². The number of carbonyl (C=O) groups excluding carboxylic acids is 1. The lowest BCUT2D eigenvalue weighted by Crippen LogP contribution is -2.38. The molecule has 0 aliphatic carbocycles.